The number of carbonyl (C=O) groups excluding carboxylic acids is 2. The molecule has 0 unspecified atom stereocenters. The molecular weight excluding hydrogens is 236 g/mol. The summed E-state index contributed by atoms with van der Waals surface area (Å²) in [5.41, 5.74) is 0. The Morgan fingerprint density at radius 2 is 2.06 bits per heavy atom. The largest absolute Gasteiger partial charge is 0.480 e. The Kier molecular flexibility index (Phi) is 5.61. The van der Waals surface area contributed by atoms with Gasteiger partial charge >= 0.3 is 5.97 Å². The molecule has 102 valence electrons. The fraction of sp³-hybridized carbons (Fsp3) is 0.750. The van der Waals surface area contributed by atoms with Crippen LogP contribution >= 0.6 is 0 Å². The molecule has 1 saturated heterocycles. The lowest BCUT2D eigenvalue weighted by atomic mass is 10.2. The van der Waals surface area contributed by atoms with Crippen molar-refractivity contribution in [2.24, 2.45) is 0 Å². The van der Waals surface area contributed by atoms with Crippen LogP contribution in [0.2, 0.25) is 0 Å². The Bertz CT molecular complexity index is 330. The second-order valence-corrected chi connectivity index (χ2v) is 4.43. The Morgan fingerprint density at radius 1 is 1.33 bits per heavy atom. The molecule has 1 atom stereocenters. The number of aliphatic carboxylic acids is 1. The van der Waals surface area contributed by atoms with E-state index in [2.05, 4.69) is 5.32 Å². The zero-order valence-corrected chi connectivity index (χ0v) is 10.6. The lowest BCUT2D eigenvalue weighted by Crippen LogP contribution is -2.40. The van der Waals surface area contributed by atoms with Crippen molar-refractivity contribution in [2.75, 3.05) is 13.1 Å². The first-order chi connectivity index (χ1) is 8.56. The summed E-state index contributed by atoms with van der Waals surface area (Å²) < 4.78 is 0. The molecule has 2 amide bonds. The number of nitrogens with zero attached hydrogens (tertiary/aromatic N) is 1. The lowest BCUT2D eigenvalue weighted by molar-refractivity contribution is -0.148. The summed E-state index contributed by atoms with van der Waals surface area (Å²) in [5.74, 6) is -1.36. The van der Waals surface area contributed by atoms with Gasteiger partial charge in [-0.2, -0.15) is 0 Å². The predicted molar refractivity (Wildman–Crippen MR) is 64.9 cm³/mol. The first-order valence-electron chi connectivity index (χ1n) is 6.35. The van der Waals surface area contributed by atoms with Crippen molar-refractivity contribution in [3.05, 3.63) is 0 Å². The van der Waals surface area contributed by atoms with Gasteiger partial charge in [0, 0.05) is 25.9 Å². The van der Waals surface area contributed by atoms with Gasteiger partial charge in [0.1, 0.15) is 6.04 Å². The van der Waals surface area contributed by atoms with Gasteiger partial charge in [-0.1, -0.05) is 6.92 Å². The number of nitrogens with one attached hydrogen (secondary N) is 1. The molecule has 1 fully saturated rings. The summed E-state index contributed by atoms with van der Waals surface area (Å²) in [5, 5.41) is 11.6. The van der Waals surface area contributed by atoms with Crippen molar-refractivity contribution in [1.82, 2.24) is 10.2 Å². The van der Waals surface area contributed by atoms with Crippen molar-refractivity contribution in [1.29, 1.82) is 0 Å². The Morgan fingerprint density at radius 3 is 2.67 bits per heavy atom. The highest BCUT2D eigenvalue weighted by Crippen LogP contribution is 2.18. The van der Waals surface area contributed by atoms with Crippen molar-refractivity contribution in [3.8, 4) is 0 Å². The van der Waals surface area contributed by atoms with E-state index in [0.29, 0.717) is 25.9 Å². The standard InChI is InChI=1S/C12H20N2O4/c1-2-7-13-10(15)5-6-11(16)14-8-3-4-9(14)12(17)18/h9H,2-8H2,1H3,(H,13,15)(H,17,18)/t9-/m0/s1. The molecule has 18 heavy (non-hydrogen) atoms. The number of carbonyl (C=O) groups is 3. The molecule has 1 aliphatic heterocycles. The quantitative estimate of drug-likeness (QED) is 0.718. The SMILES string of the molecule is CCCNC(=O)CCC(=O)N1CCC[C@H]1C(=O)O. The van der Waals surface area contributed by atoms with E-state index in [0.717, 1.165) is 6.42 Å². The number of carboxylic acids is 1. The van der Waals surface area contributed by atoms with Gasteiger partial charge in [-0.3, -0.25) is 9.59 Å². The third-order valence-corrected chi connectivity index (χ3v) is 3.00. The minimum Gasteiger partial charge on any atom is -0.480 e. The summed E-state index contributed by atoms with van der Waals surface area (Å²) in [7, 11) is 0. The van der Waals surface area contributed by atoms with Gasteiger partial charge in [0.2, 0.25) is 11.8 Å². The minimum absolute atomic E-state index is 0.0827. The van der Waals surface area contributed by atoms with Gasteiger partial charge in [-0.05, 0) is 19.3 Å². The van der Waals surface area contributed by atoms with Crippen LogP contribution in [0.15, 0.2) is 0 Å². The molecule has 6 nitrogen and oxygen atoms in total. The number of hydrogen-bond donors (Lipinski definition) is 2. The van der Waals surface area contributed by atoms with E-state index in [9.17, 15) is 14.4 Å². The van der Waals surface area contributed by atoms with Gasteiger partial charge in [-0.25, -0.2) is 4.79 Å². The van der Waals surface area contributed by atoms with Crippen LogP contribution in [0, 0.1) is 0 Å². The maximum absolute atomic E-state index is 11.8. The van der Waals surface area contributed by atoms with E-state index >= 15 is 0 Å². The maximum atomic E-state index is 11.8. The molecule has 0 aromatic carbocycles. The van der Waals surface area contributed by atoms with E-state index in [4.69, 9.17) is 5.11 Å². The first kappa shape index (κ1) is 14.5. The summed E-state index contributed by atoms with van der Waals surface area (Å²) >= 11 is 0. The van der Waals surface area contributed by atoms with E-state index in [-0.39, 0.29) is 24.7 Å². The molecule has 0 bridgehead atoms. The summed E-state index contributed by atoms with van der Waals surface area (Å²) in [6.07, 6.45) is 2.28. The molecule has 0 aliphatic carbocycles. The van der Waals surface area contributed by atoms with Crippen molar-refractivity contribution in [2.45, 2.75) is 45.1 Å². The van der Waals surface area contributed by atoms with Crippen LogP contribution in [-0.2, 0) is 14.4 Å². The molecule has 0 aromatic heterocycles. The highest BCUT2D eigenvalue weighted by molar-refractivity contribution is 5.87. The maximum Gasteiger partial charge on any atom is 0.326 e. The van der Waals surface area contributed by atoms with Crippen LogP contribution in [0.25, 0.3) is 0 Å². The van der Waals surface area contributed by atoms with Gasteiger partial charge in [-0.15, -0.1) is 0 Å². The fourth-order valence-electron chi connectivity index (χ4n) is 2.04. The number of rotatable bonds is 6. The molecule has 2 N–H and O–H groups in total. The highest BCUT2D eigenvalue weighted by Gasteiger charge is 2.33. The van der Waals surface area contributed by atoms with Crippen LogP contribution in [0.1, 0.15) is 39.0 Å². The summed E-state index contributed by atoms with van der Waals surface area (Å²) in [6, 6.07) is -0.712. The molecule has 1 heterocycles. The molecular formula is C12H20N2O4. The number of amides is 2. The second-order valence-electron chi connectivity index (χ2n) is 4.43. The fourth-order valence-corrected chi connectivity index (χ4v) is 2.04. The van der Waals surface area contributed by atoms with Crippen molar-refractivity contribution in [3.63, 3.8) is 0 Å². The molecule has 0 radical (unpaired) electrons. The van der Waals surface area contributed by atoms with E-state index in [1.165, 1.54) is 4.90 Å². The minimum atomic E-state index is -0.962. The lowest BCUT2D eigenvalue weighted by Gasteiger charge is -2.21. The molecule has 0 saturated carbocycles. The van der Waals surface area contributed by atoms with Gasteiger partial charge < -0.3 is 15.3 Å². The zero-order valence-electron chi connectivity index (χ0n) is 10.6. The van der Waals surface area contributed by atoms with Crippen LogP contribution in [0.5, 0.6) is 0 Å². The summed E-state index contributed by atoms with van der Waals surface area (Å²) in [6.45, 7) is 3.04. The van der Waals surface area contributed by atoms with Crippen molar-refractivity contribution < 1.29 is 19.5 Å². The van der Waals surface area contributed by atoms with E-state index in [1.807, 2.05) is 6.92 Å². The van der Waals surface area contributed by atoms with Gasteiger partial charge in [0.25, 0.3) is 0 Å². The summed E-state index contributed by atoms with van der Waals surface area (Å²) in [4.78, 5) is 35.5. The topological polar surface area (TPSA) is 86.7 Å². The molecule has 1 rings (SSSR count). The molecule has 0 aromatic rings. The third kappa shape index (κ3) is 4.01. The predicted octanol–water partition coefficient (Wildman–Crippen LogP) is 0.368. The van der Waals surface area contributed by atoms with Gasteiger partial charge in [0.05, 0.1) is 0 Å². The van der Waals surface area contributed by atoms with Gasteiger partial charge in [0.15, 0.2) is 0 Å². The first-order valence-corrected chi connectivity index (χ1v) is 6.35. The average Bonchev–Trinajstić information content (AvgIpc) is 2.82. The smallest absolute Gasteiger partial charge is 0.326 e. The Balaban J connectivity index is 2.36. The average molecular weight is 256 g/mol. The van der Waals surface area contributed by atoms with E-state index < -0.39 is 12.0 Å². The third-order valence-electron chi connectivity index (χ3n) is 3.00. The van der Waals surface area contributed by atoms with Crippen LogP contribution in [0.3, 0.4) is 0 Å². The Labute approximate surface area is 106 Å². The normalized spacial score (nSPS) is 18.7. The van der Waals surface area contributed by atoms with Crippen LogP contribution in [-0.4, -0.2) is 46.9 Å². The van der Waals surface area contributed by atoms with Crippen LogP contribution in [0.4, 0.5) is 0 Å². The molecule has 0 spiro atoms. The molecule has 6 heteroatoms. The van der Waals surface area contributed by atoms with E-state index in [1.54, 1.807) is 0 Å². The van der Waals surface area contributed by atoms with Crippen LogP contribution < -0.4 is 5.32 Å². The number of hydrogen-bond acceptors (Lipinski definition) is 3. The number of carboxylic acid groups (broad SMARTS) is 1. The highest BCUT2D eigenvalue weighted by atomic mass is 16.4. The second kappa shape index (κ2) is 6.98. The zero-order chi connectivity index (χ0) is 13.5. The Hall–Kier alpha value is -1.59. The van der Waals surface area contributed by atoms with Crippen molar-refractivity contribution >= 4 is 17.8 Å². The monoisotopic (exact) mass is 256 g/mol. The number of likely N-dealkylation sites (tertiary alicyclic amines) is 1. The molecule has 1 aliphatic rings.